The maximum Gasteiger partial charge on any atom is 0.243 e. The second-order valence-corrected chi connectivity index (χ2v) is 6.54. The summed E-state index contributed by atoms with van der Waals surface area (Å²) in [7, 11) is -3.62. The van der Waals surface area contributed by atoms with E-state index in [0.29, 0.717) is 11.9 Å². The zero-order valence-corrected chi connectivity index (χ0v) is 12.1. The Bertz CT molecular complexity index is 476. The molecule has 0 heterocycles. The lowest BCUT2D eigenvalue weighted by Gasteiger charge is -2.25. The fourth-order valence-electron chi connectivity index (χ4n) is 1.50. The Hall–Kier alpha value is -0.460. The molecule has 0 amide bonds. The van der Waals surface area contributed by atoms with Crippen LogP contribution in [0.25, 0.3) is 0 Å². The van der Waals surface area contributed by atoms with Gasteiger partial charge in [-0.25, -0.2) is 12.8 Å². The molecule has 0 spiro atoms. The Balaban J connectivity index is 3.16. The fraction of sp³-hybridized carbons (Fsp3) is 0.455. The molecule has 0 bridgehead atoms. The zero-order valence-electron chi connectivity index (χ0n) is 9.73. The van der Waals surface area contributed by atoms with Crippen LogP contribution in [-0.4, -0.2) is 30.6 Å². The van der Waals surface area contributed by atoms with Crippen molar-refractivity contribution in [3.63, 3.8) is 0 Å². The van der Waals surface area contributed by atoms with E-state index in [4.69, 9.17) is 0 Å². The van der Waals surface area contributed by atoms with Gasteiger partial charge in [0, 0.05) is 17.9 Å². The lowest BCUT2D eigenvalue weighted by molar-refractivity contribution is 0.372. The van der Waals surface area contributed by atoms with Crippen LogP contribution in [0.5, 0.6) is 0 Å². The van der Waals surface area contributed by atoms with Crippen LogP contribution in [0.3, 0.4) is 0 Å². The molecule has 17 heavy (non-hydrogen) atoms. The first kappa shape index (κ1) is 14.6. The van der Waals surface area contributed by atoms with E-state index in [9.17, 15) is 12.8 Å². The summed E-state index contributed by atoms with van der Waals surface area (Å²) in [5.41, 5.74) is 0. The molecule has 3 nitrogen and oxygen atoms in total. The third-order valence-corrected chi connectivity index (χ3v) is 4.71. The van der Waals surface area contributed by atoms with E-state index in [0.717, 1.165) is 6.07 Å². The average molecular weight is 324 g/mol. The summed E-state index contributed by atoms with van der Waals surface area (Å²) in [5.74, 6) is -0.548. The van der Waals surface area contributed by atoms with E-state index in [2.05, 4.69) is 15.9 Å². The standard InChI is InChI=1S/C11H15BrFNO2S/c1-9(2)14(7-6-12)17(15,16)11-5-3-4-10(13)8-11/h3-5,8-9H,6-7H2,1-2H3. The van der Waals surface area contributed by atoms with Crippen molar-refractivity contribution in [1.29, 1.82) is 0 Å². The molecule has 0 aromatic heterocycles. The number of hydrogen-bond donors (Lipinski definition) is 0. The second-order valence-electron chi connectivity index (χ2n) is 3.86. The van der Waals surface area contributed by atoms with Gasteiger partial charge in [0.1, 0.15) is 5.82 Å². The van der Waals surface area contributed by atoms with Crippen LogP contribution in [0.4, 0.5) is 4.39 Å². The first-order valence-electron chi connectivity index (χ1n) is 5.23. The molecule has 0 fully saturated rings. The Labute approximate surface area is 110 Å². The van der Waals surface area contributed by atoms with Crippen molar-refractivity contribution < 1.29 is 12.8 Å². The van der Waals surface area contributed by atoms with Gasteiger partial charge in [-0.2, -0.15) is 4.31 Å². The summed E-state index contributed by atoms with van der Waals surface area (Å²) in [6.45, 7) is 3.94. The van der Waals surface area contributed by atoms with Gasteiger partial charge in [0.05, 0.1) is 4.90 Å². The van der Waals surface area contributed by atoms with Crippen LogP contribution < -0.4 is 0 Å². The third-order valence-electron chi connectivity index (χ3n) is 2.28. The molecule has 0 aliphatic carbocycles. The smallest absolute Gasteiger partial charge is 0.207 e. The molecule has 0 unspecified atom stereocenters. The summed E-state index contributed by atoms with van der Waals surface area (Å²) >= 11 is 3.22. The van der Waals surface area contributed by atoms with Gasteiger partial charge in [0.25, 0.3) is 0 Å². The first-order valence-corrected chi connectivity index (χ1v) is 7.79. The van der Waals surface area contributed by atoms with E-state index in [1.54, 1.807) is 13.8 Å². The average Bonchev–Trinajstić information content (AvgIpc) is 2.25. The second kappa shape index (κ2) is 5.93. The number of nitrogens with zero attached hydrogens (tertiary/aromatic N) is 1. The van der Waals surface area contributed by atoms with Gasteiger partial charge >= 0.3 is 0 Å². The SMILES string of the molecule is CC(C)N(CCBr)S(=O)(=O)c1cccc(F)c1. The number of alkyl halides is 1. The summed E-state index contributed by atoms with van der Waals surface area (Å²) < 4.78 is 38.9. The Morgan fingerprint density at radius 3 is 2.53 bits per heavy atom. The predicted molar refractivity (Wildman–Crippen MR) is 69.2 cm³/mol. The van der Waals surface area contributed by atoms with Crippen LogP contribution in [0.15, 0.2) is 29.2 Å². The Kier molecular flexibility index (Phi) is 5.09. The fourth-order valence-corrected chi connectivity index (χ4v) is 3.79. The number of hydrogen-bond acceptors (Lipinski definition) is 2. The molecule has 0 aliphatic heterocycles. The minimum absolute atomic E-state index is 0.00727. The Morgan fingerprint density at radius 2 is 2.06 bits per heavy atom. The number of benzene rings is 1. The Morgan fingerprint density at radius 1 is 1.41 bits per heavy atom. The lowest BCUT2D eigenvalue weighted by Crippen LogP contribution is -2.38. The highest BCUT2D eigenvalue weighted by atomic mass is 79.9. The van der Waals surface area contributed by atoms with Crippen LogP contribution in [0.1, 0.15) is 13.8 Å². The number of rotatable bonds is 5. The van der Waals surface area contributed by atoms with Crippen LogP contribution in [-0.2, 0) is 10.0 Å². The van der Waals surface area contributed by atoms with Crippen molar-refractivity contribution in [2.45, 2.75) is 24.8 Å². The van der Waals surface area contributed by atoms with Gasteiger partial charge < -0.3 is 0 Å². The molecule has 1 aromatic carbocycles. The highest BCUT2D eigenvalue weighted by Gasteiger charge is 2.26. The molecule has 0 saturated heterocycles. The molecule has 0 radical (unpaired) electrons. The quantitative estimate of drug-likeness (QED) is 0.781. The number of halogens is 2. The van der Waals surface area contributed by atoms with E-state index in [1.807, 2.05) is 0 Å². The molecular formula is C11H15BrFNO2S. The predicted octanol–water partition coefficient (Wildman–Crippen LogP) is 2.62. The van der Waals surface area contributed by atoms with Crippen molar-refractivity contribution in [2.75, 3.05) is 11.9 Å². The highest BCUT2D eigenvalue weighted by Crippen LogP contribution is 2.19. The molecule has 0 aliphatic rings. The van der Waals surface area contributed by atoms with Gasteiger partial charge in [-0.05, 0) is 32.0 Å². The molecule has 0 saturated carbocycles. The minimum Gasteiger partial charge on any atom is -0.207 e. The highest BCUT2D eigenvalue weighted by molar-refractivity contribution is 9.09. The molecular weight excluding hydrogens is 309 g/mol. The summed E-state index contributed by atoms with van der Waals surface area (Å²) in [4.78, 5) is -0.00727. The molecule has 0 N–H and O–H groups in total. The van der Waals surface area contributed by atoms with Gasteiger partial charge in [0.15, 0.2) is 0 Å². The maximum atomic E-state index is 13.1. The van der Waals surface area contributed by atoms with Crippen LogP contribution in [0, 0.1) is 5.82 Å². The van der Waals surface area contributed by atoms with Gasteiger partial charge in [-0.3, -0.25) is 0 Å². The van der Waals surface area contributed by atoms with E-state index < -0.39 is 15.8 Å². The van der Waals surface area contributed by atoms with E-state index in [1.165, 1.54) is 22.5 Å². The normalized spacial score (nSPS) is 12.4. The monoisotopic (exact) mass is 323 g/mol. The minimum atomic E-state index is -3.62. The number of sulfonamides is 1. The molecule has 0 atom stereocenters. The molecule has 1 aromatic rings. The van der Waals surface area contributed by atoms with E-state index >= 15 is 0 Å². The lowest BCUT2D eigenvalue weighted by atomic mass is 10.4. The van der Waals surface area contributed by atoms with Crippen LogP contribution in [0.2, 0.25) is 0 Å². The van der Waals surface area contributed by atoms with Crippen molar-refractivity contribution in [3.05, 3.63) is 30.1 Å². The van der Waals surface area contributed by atoms with E-state index in [-0.39, 0.29) is 10.9 Å². The largest absolute Gasteiger partial charge is 0.243 e. The van der Waals surface area contributed by atoms with Crippen molar-refractivity contribution in [2.24, 2.45) is 0 Å². The zero-order chi connectivity index (χ0) is 13.1. The van der Waals surface area contributed by atoms with Crippen molar-refractivity contribution >= 4 is 26.0 Å². The molecule has 96 valence electrons. The summed E-state index contributed by atoms with van der Waals surface area (Å²) in [6, 6.07) is 4.90. The van der Waals surface area contributed by atoms with Crippen LogP contribution >= 0.6 is 15.9 Å². The first-order chi connectivity index (χ1) is 7.89. The van der Waals surface area contributed by atoms with Crippen molar-refractivity contribution in [3.8, 4) is 0 Å². The van der Waals surface area contributed by atoms with Gasteiger partial charge in [-0.1, -0.05) is 22.0 Å². The summed E-state index contributed by atoms with van der Waals surface area (Å²) in [6.07, 6.45) is 0. The van der Waals surface area contributed by atoms with Gasteiger partial charge in [-0.15, -0.1) is 0 Å². The maximum absolute atomic E-state index is 13.1. The van der Waals surface area contributed by atoms with Gasteiger partial charge in [0.2, 0.25) is 10.0 Å². The summed E-state index contributed by atoms with van der Waals surface area (Å²) in [5, 5.41) is 0.541. The topological polar surface area (TPSA) is 37.4 Å². The molecule has 1 rings (SSSR count). The molecule has 6 heteroatoms. The van der Waals surface area contributed by atoms with Crippen molar-refractivity contribution in [1.82, 2.24) is 4.31 Å². The third kappa shape index (κ3) is 3.50.